The standard InChI is InChI=1S/C22H20Cl2N2O2/c23-15-3-1-2-14(10-15)17-8-9-20(27)26(12-13-4-5-13)22(17)18-7-6-16(24)11-19(18)25-21(22)28/h1-3,6-7,10-11,13,17H,4-5,8-9,12H2,(H,25,28)/t17-,22+/m1/s1. The average Bonchev–Trinajstić information content (AvgIpc) is 3.43. The smallest absolute Gasteiger partial charge is 0.255 e. The van der Waals surface area contributed by atoms with Crippen LogP contribution < -0.4 is 5.32 Å². The Hall–Kier alpha value is -2.04. The zero-order valence-electron chi connectivity index (χ0n) is 15.3. The van der Waals surface area contributed by atoms with Gasteiger partial charge >= 0.3 is 0 Å². The molecule has 0 bridgehead atoms. The number of halogens is 2. The van der Waals surface area contributed by atoms with Crippen molar-refractivity contribution in [3.8, 4) is 0 Å². The minimum absolute atomic E-state index is 0.0446. The average molecular weight is 415 g/mol. The van der Waals surface area contributed by atoms with Gasteiger partial charge in [0.25, 0.3) is 5.91 Å². The number of nitrogens with one attached hydrogen (secondary N) is 1. The number of fused-ring (bicyclic) bond motifs is 2. The van der Waals surface area contributed by atoms with Crippen LogP contribution in [0.25, 0.3) is 0 Å². The number of piperidine rings is 1. The summed E-state index contributed by atoms with van der Waals surface area (Å²) in [6.45, 7) is 0.616. The van der Waals surface area contributed by atoms with Crippen molar-refractivity contribution in [1.82, 2.24) is 4.90 Å². The fourth-order valence-electron chi connectivity index (χ4n) is 4.84. The summed E-state index contributed by atoms with van der Waals surface area (Å²) in [5.74, 6) is 0.208. The summed E-state index contributed by atoms with van der Waals surface area (Å²) in [6, 6.07) is 13.1. The van der Waals surface area contributed by atoms with Crippen LogP contribution in [-0.2, 0) is 15.1 Å². The maximum atomic E-state index is 13.6. The third-order valence-electron chi connectivity index (χ3n) is 6.25. The van der Waals surface area contributed by atoms with Crippen LogP contribution in [0.5, 0.6) is 0 Å². The van der Waals surface area contributed by atoms with E-state index >= 15 is 0 Å². The van der Waals surface area contributed by atoms with Crippen molar-refractivity contribution in [2.45, 2.75) is 37.1 Å². The van der Waals surface area contributed by atoms with Crippen molar-refractivity contribution < 1.29 is 9.59 Å². The van der Waals surface area contributed by atoms with E-state index in [1.807, 2.05) is 35.2 Å². The number of carbonyl (C=O) groups is 2. The number of anilines is 1. The Balaban J connectivity index is 1.73. The van der Waals surface area contributed by atoms with E-state index in [1.54, 1.807) is 12.1 Å². The van der Waals surface area contributed by atoms with E-state index in [9.17, 15) is 9.59 Å². The zero-order chi connectivity index (χ0) is 19.5. The molecule has 0 unspecified atom stereocenters. The predicted octanol–water partition coefficient (Wildman–Crippen LogP) is 4.96. The first-order chi connectivity index (χ1) is 13.5. The van der Waals surface area contributed by atoms with Crippen molar-refractivity contribution in [3.63, 3.8) is 0 Å². The molecule has 28 heavy (non-hydrogen) atoms. The Labute approximate surface area is 173 Å². The number of carbonyl (C=O) groups excluding carboxylic acids is 2. The van der Waals surface area contributed by atoms with Crippen molar-refractivity contribution in [2.75, 3.05) is 11.9 Å². The summed E-state index contributed by atoms with van der Waals surface area (Å²) in [7, 11) is 0. The van der Waals surface area contributed by atoms with Crippen LogP contribution in [0, 0.1) is 5.92 Å². The molecular formula is C22H20Cl2N2O2. The summed E-state index contributed by atoms with van der Waals surface area (Å²) in [5.41, 5.74) is 1.46. The van der Waals surface area contributed by atoms with Gasteiger partial charge < -0.3 is 10.2 Å². The number of rotatable bonds is 3. The van der Waals surface area contributed by atoms with Crippen LogP contribution in [0.4, 0.5) is 5.69 Å². The lowest BCUT2D eigenvalue weighted by molar-refractivity contribution is -0.152. The van der Waals surface area contributed by atoms with E-state index in [0.29, 0.717) is 41.0 Å². The molecule has 2 aromatic rings. The lowest BCUT2D eigenvalue weighted by atomic mass is 9.69. The molecule has 3 aliphatic rings. The summed E-state index contributed by atoms with van der Waals surface area (Å²) in [5, 5.41) is 4.20. The number of nitrogens with zero attached hydrogens (tertiary/aromatic N) is 1. The van der Waals surface area contributed by atoms with Crippen molar-refractivity contribution >= 4 is 40.7 Å². The number of likely N-dealkylation sites (tertiary alicyclic amines) is 1. The Morgan fingerprint density at radius 3 is 2.57 bits per heavy atom. The Bertz CT molecular complexity index is 988. The van der Waals surface area contributed by atoms with E-state index < -0.39 is 5.54 Å². The maximum absolute atomic E-state index is 13.6. The molecule has 4 nitrogen and oxygen atoms in total. The summed E-state index contributed by atoms with van der Waals surface area (Å²) >= 11 is 12.5. The number of amides is 2. The van der Waals surface area contributed by atoms with Gasteiger partial charge in [0, 0.05) is 40.2 Å². The van der Waals surface area contributed by atoms with Crippen LogP contribution in [0.15, 0.2) is 42.5 Å². The van der Waals surface area contributed by atoms with Crippen molar-refractivity contribution in [2.24, 2.45) is 5.92 Å². The molecule has 2 heterocycles. The largest absolute Gasteiger partial charge is 0.323 e. The summed E-state index contributed by atoms with van der Waals surface area (Å²) in [6.07, 6.45) is 3.26. The molecule has 6 heteroatoms. The second-order valence-electron chi connectivity index (χ2n) is 8.00. The second kappa shape index (κ2) is 6.50. The van der Waals surface area contributed by atoms with E-state index in [2.05, 4.69) is 5.32 Å². The summed E-state index contributed by atoms with van der Waals surface area (Å²) in [4.78, 5) is 28.5. The van der Waals surface area contributed by atoms with Gasteiger partial charge in [0.2, 0.25) is 5.91 Å². The van der Waals surface area contributed by atoms with Crippen LogP contribution >= 0.6 is 23.2 Å². The van der Waals surface area contributed by atoms with E-state index in [4.69, 9.17) is 23.2 Å². The Morgan fingerprint density at radius 2 is 1.82 bits per heavy atom. The van der Waals surface area contributed by atoms with Crippen LogP contribution in [-0.4, -0.2) is 23.3 Å². The third-order valence-corrected chi connectivity index (χ3v) is 6.72. The quantitative estimate of drug-likeness (QED) is 0.771. The monoisotopic (exact) mass is 414 g/mol. The van der Waals surface area contributed by atoms with Crippen LogP contribution in [0.1, 0.15) is 42.7 Å². The summed E-state index contributed by atoms with van der Waals surface area (Å²) < 4.78 is 0. The third kappa shape index (κ3) is 2.66. The van der Waals surface area contributed by atoms with E-state index in [1.165, 1.54) is 0 Å². The van der Waals surface area contributed by atoms with Crippen LogP contribution in [0.3, 0.4) is 0 Å². The second-order valence-corrected chi connectivity index (χ2v) is 8.88. The van der Waals surface area contributed by atoms with Gasteiger partial charge in [0.15, 0.2) is 5.54 Å². The lowest BCUT2D eigenvalue weighted by Crippen LogP contribution is -2.60. The highest BCUT2D eigenvalue weighted by molar-refractivity contribution is 6.31. The number of hydrogen-bond donors (Lipinski definition) is 1. The topological polar surface area (TPSA) is 49.4 Å². The van der Waals surface area contributed by atoms with Crippen LogP contribution in [0.2, 0.25) is 10.0 Å². The van der Waals surface area contributed by atoms with E-state index in [0.717, 1.165) is 24.0 Å². The molecule has 2 aromatic carbocycles. The van der Waals surface area contributed by atoms with Gasteiger partial charge in [-0.25, -0.2) is 0 Å². The molecule has 2 fully saturated rings. The fourth-order valence-corrected chi connectivity index (χ4v) is 5.21. The van der Waals surface area contributed by atoms with Gasteiger partial charge in [0.1, 0.15) is 0 Å². The lowest BCUT2D eigenvalue weighted by Gasteiger charge is -2.48. The highest BCUT2D eigenvalue weighted by atomic mass is 35.5. The van der Waals surface area contributed by atoms with Gasteiger partial charge in [-0.3, -0.25) is 9.59 Å². The molecule has 1 saturated heterocycles. The first-order valence-electron chi connectivity index (χ1n) is 9.67. The highest BCUT2D eigenvalue weighted by Gasteiger charge is 2.60. The molecule has 5 rings (SSSR count). The molecule has 1 saturated carbocycles. The van der Waals surface area contributed by atoms with Crippen molar-refractivity contribution in [1.29, 1.82) is 0 Å². The minimum atomic E-state index is -1.05. The first-order valence-corrected chi connectivity index (χ1v) is 10.4. The predicted molar refractivity (Wildman–Crippen MR) is 110 cm³/mol. The van der Waals surface area contributed by atoms with E-state index in [-0.39, 0.29) is 17.7 Å². The fraction of sp³-hybridized carbons (Fsp3) is 0.364. The Morgan fingerprint density at radius 1 is 1.04 bits per heavy atom. The van der Waals surface area contributed by atoms with Gasteiger partial charge in [-0.05, 0) is 55.0 Å². The van der Waals surface area contributed by atoms with Gasteiger partial charge in [-0.15, -0.1) is 0 Å². The normalized spacial score (nSPS) is 26.5. The Kier molecular flexibility index (Phi) is 4.18. The molecule has 2 atom stereocenters. The minimum Gasteiger partial charge on any atom is -0.323 e. The molecule has 1 spiro atoms. The molecule has 0 radical (unpaired) electrons. The number of hydrogen-bond acceptors (Lipinski definition) is 2. The van der Waals surface area contributed by atoms with Gasteiger partial charge in [-0.2, -0.15) is 0 Å². The van der Waals surface area contributed by atoms with Gasteiger partial charge in [-0.1, -0.05) is 41.4 Å². The first kappa shape index (κ1) is 18.0. The molecule has 2 aliphatic heterocycles. The molecule has 144 valence electrons. The van der Waals surface area contributed by atoms with Crippen molar-refractivity contribution in [3.05, 3.63) is 63.6 Å². The number of benzene rings is 2. The molecule has 1 N–H and O–H groups in total. The zero-order valence-corrected chi connectivity index (χ0v) is 16.8. The molecule has 2 amide bonds. The van der Waals surface area contributed by atoms with Gasteiger partial charge in [0.05, 0.1) is 0 Å². The molecule has 0 aromatic heterocycles. The maximum Gasteiger partial charge on any atom is 0.255 e. The highest BCUT2D eigenvalue weighted by Crippen LogP contribution is 2.55. The molecular weight excluding hydrogens is 395 g/mol. The SMILES string of the molecule is O=C1CC[C@H](c2cccc(Cl)c2)[C@]2(C(=O)Nc3cc(Cl)ccc32)N1CC1CC1. The molecule has 1 aliphatic carbocycles.